The average molecular weight is 266 g/mol. The van der Waals surface area contributed by atoms with E-state index in [1.807, 2.05) is 62.4 Å². The first kappa shape index (κ1) is 14.0. The zero-order valence-corrected chi connectivity index (χ0v) is 12.0. The van der Waals surface area contributed by atoms with Crippen LogP contribution in [0.5, 0.6) is 0 Å². The van der Waals surface area contributed by atoms with Crippen molar-refractivity contribution in [2.24, 2.45) is 7.05 Å². The lowest BCUT2D eigenvalue weighted by Crippen LogP contribution is -2.20. The Bertz CT molecular complexity index is 761. The van der Waals surface area contributed by atoms with Crippen LogP contribution in [0.25, 0.3) is 22.3 Å². The van der Waals surface area contributed by atoms with Crippen LogP contribution in [0.4, 0.5) is 0 Å². The number of rotatable bonds is 1. The molecule has 0 saturated heterocycles. The van der Waals surface area contributed by atoms with Gasteiger partial charge in [-0.25, -0.2) is 4.98 Å². The van der Waals surface area contributed by atoms with Gasteiger partial charge < -0.3 is 0 Å². The summed E-state index contributed by atoms with van der Waals surface area (Å²) in [5.74, 6) is 0.694. The maximum atomic E-state index is 12.2. The lowest BCUT2D eigenvalue weighted by molar-refractivity contribution is 0.856. The second kappa shape index (κ2) is 6.15. The van der Waals surface area contributed by atoms with E-state index in [9.17, 15) is 4.79 Å². The Morgan fingerprint density at radius 2 is 1.50 bits per heavy atom. The smallest absolute Gasteiger partial charge is 0.261 e. The minimum absolute atomic E-state index is 0.0144. The summed E-state index contributed by atoms with van der Waals surface area (Å²) >= 11 is 0. The molecular weight excluding hydrogens is 248 g/mol. The molecule has 1 heterocycles. The van der Waals surface area contributed by atoms with Gasteiger partial charge in [0.1, 0.15) is 5.82 Å². The predicted octanol–water partition coefficient (Wildman–Crippen LogP) is 3.63. The second-order valence-corrected chi connectivity index (χ2v) is 4.18. The van der Waals surface area contributed by atoms with E-state index >= 15 is 0 Å². The number of benzene rings is 2. The first-order chi connectivity index (χ1) is 9.77. The molecule has 0 bridgehead atoms. The lowest BCUT2D eigenvalue weighted by atomic mass is 10.2. The number of aromatic nitrogens is 2. The fourth-order valence-electron chi connectivity index (χ4n) is 2.06. The number of hydrogen-bond acceptors (Lipinski definition) is 2. The van der Waals surface area contributed by atoms with E-state index in [4.69, 9.17) is 0 Å². The average Bonchev–Trinajstić information content (AvgIpc) is 2.54. The highest BCUT2D eigenvalue weighted by molar-refractivity contribution is 5.79. The standard InChI is InChI=1S/C15H12N2O.C2H6/c1-17-14(11-7-3-2-4-8-11)16-13-10-6-5-9-12(13)15(17)18;1-2/h2-10H,1H3;1-2H3. The highest BCUT2D eigenvalue weighted by Gasteiger charge is 2.08. The Hall–Kier alpha value is -2.42. The summed E-state index contributed by atoms with van der Waals surface area (Å²) in [6, 6.07) is 17.2. The monoisotopic (exact) mass is 266 g/mol. The van der Waals surface area contributed by atoms with Crippen LogP contribution < -0.4 is 5.56 Å². The van der Waals surface area contributed by atoms with Crippen LogP contribution in [-0.2, 0) is 7.05 Å². The van der Waals surface area contributed by atoms with Crippen LogP contribution in [0.15, 0.2) is 59.4 Å². The Balaban J connectivity index is 0.000000704. The minimum Gasteiger partial charge on any atom is -0.295 e. The predicted molar refractivity (Wildman–Crippen MR) is 83.8 cm³/mol. The fraction of sp³-hybridized carbons (Fsp3) is 0.176. The summed E-state index contributed by atoms with van der Waals surface area (Å²) in [6.07, 6.45) is 0. The fourth-order valence-corrected chi connectivity index (χ4v) is 2.06. The molecule has 102 valence electrons. The van der Waals surface area contributed by atoms with E-state index in [2.05, 4.69) is 4.98 Å². The molecule has 2 aromatic carbocycles. The first-order valence-corrected chi connectivity index (χ1v) is 6.78. The van der Waals surface area contributed by atoms with Crippen molar-refractivity contribution in [1.29, 1.82) is 0 Å². The number of para-hydroxylation sites is 1. The van der Waals surface area contributed by atoms with E-state index in [0.29, 0.717) is 11.2 Å². The molecule has 0 aliphatic carbocycles. The molecule has 0 aliphatic heterocycles. The van der Waals surface area contributed by atoms with Crippen molar-refractivity contribution < 1.29 is 0 Å². The van der Waals surface area contributed by atoms with Gasteiger partial charge in [0.15, 0.2) is 0 Å². The van der Waals surface area contributed by atoms with Crippen molar-refractivity contribution >= 4 is 10.9 Å². The minimum atomic E-state index is -0.0144. The largest absolute Gasteiger partial charge is 0.295 e. The third-order valence-electron chi connectivity index (χ3n) is 3.02. The first-order valence-electron chi connectivity index (χ1n) is 6.78. The molecule has 0 atom stereocenters. The Morgan fingerprint density at radius 3 is 2.20 bits per heavy atom. The Kier molecular flexibility index (Phi) is 4.31. The van der Waals surface area contributed by atoms with E-state index in [-0.39, 0.29) is 5.56 Å². The molecule has 1 aromatic heterocycles. The van der Waals surface area contributed by atoms with E-state index in [1.54, 1.807) is 17.7 Å². The normalized spacial score (nSPS) is 9.95. The van der Waals surface area contributed by atoms with Crippen molar-refractivity contribution in [2.75, 3.05) is 0 Å². The summed E-state index contributed by atoms with van der Waals surface area (Å²) in [5, 5.41) is 0.652. The zero-order valence-electron chi connectivity index (χ0n) is 12.0. The van der Waals surface area contributed by atoms with Crippen molar-refractivity contribution in [3.8, 4) is 11.4 Å². The summed E-state index contributed by atoms with van der Waals surface area (Å²) in [6.45, 7) is 4.00. The molecule has 0 amide bonds. The molecule has 3 aromatic rings. The van der Waals surface area contributed by atoms with Gasteiger partial charge in [-0.15, -0.1) is 0 Å². The van der Waals surface area contributed by atoms with Gasteiger partial charge in [0.25, 0.3) is 5.56 Å². The van der Waals surface area contributed by atoms with E-state index in [1.165, 1.54) is 0 Å². The Morgan fingerprint density at radius 1 is 0.900 bits per heavy atom. The number of fused-ring (bicyclic) bond motifs is 1. The summed E-state index contributed by atoms with van der Waals surface area (Å²) in [7, 11) is 1.75. The van der Waals surface area contributed by atoms with E-state index in [0.717, 1.165) is 11.1 Å². The zero-order chi connectivity index (χ0) is 14.5. The molecule has 0 aliphatic rings. The third-order valence-corrected chi connectivity index (χ3v) is 3.02. The molecule has 20 heavy (non-hydrogen) atoms. The van der Waals surface area contributed by atoms with Crippen molar-refractivity contribution in [3.05, 3.63) is 65.0 Å². The van der Waals surface area contributed by atoms with Gasteiger partial charge in [-0.3, -0.25) is 9.36 Å². The summed E-state index contributed by atoms with van der Waals surface area (Å²) in [4.78, 5) is 16.8. The van der Waals surface area contributed by atoms with Gasteiger partial charge in [0.2, 0.25) is 0 Å². The lowest BCUT2D eigenvalue weighted by Gasteiger charge is -2.08. The van der Waals surface area contributed by atoms with Crippen molar-refractivity contribution in [3.63, 3.8) is 0 Å². The molecule has 3 rings (SSSR count). The van der Waals surface area contributed by atoms with Gasteiger partial charge in [0.05, 0.1) is 10.9 Å². The highest BCUT2D eigenvalue weighted by atomic mass is 16.1. The number of hydrogen-bond donors (Lipinski definition) is 0. The van der Waals surface area contributed by atoms with Crippen molar-refractivity contribution in [1.82, 2.24) is 9.55 Å². The van der Waals surface area contributed by atoms with Crippen LogP contribution in [0.2, 0.25) is 0 Å². The second-order valence-electron chi connectivity index (χ2n) is 4.18. The summed E-state index contributed by atoms with van der Waals surface area (Å²) < 4.78 is 1.59. The molecule has 0 N–H and O–H groups in total. The molecule has 3 heteroatoms. The van der Waals surface area contributed by atoms with Crippen LogP contribution >= 0.6 is 0 Å². The molecule has 3 nitrogen and oxygen atoms in total. The maximum Gasteiger partial charge on any atom is 0.261 e. The van der Waals surface area contributed by atoms with Gasteiger partial charge in [0, 0.05) is 12.6 Å². The molecule has 0 unspecified atom stereocenters. The molecule has 0 saturated carbocycles. The Labute approximate surface area is 118 Å². The highest BCUT2D eigenvalue weighted by Crippen LogP contribution is 2.17. The molecule has 0 fully saturated rings. The third kappa shape index (κ3) is 2.48. The number of nitrogens with zero attached hydrogens (tertiary/aromatic N) is 2. The van der Waals surface area contributed by atoms with Gasteiger partial charge in [-0.1, -0.05) is 56.3 Å². The van der Waals surface area contributed by atoms with Gasteiger partial charge in [-0.2, -0.15) is 0 Å². The van der Waals surface area contributed by atoms with Gasteiger partial charge >= 0.3 is 0 Å². The quantitative estimate of drug-likeness (QED) is 0.674. The SMILES string of the molecule is CC.Cn1c(-c2ccccc2)nc2ccccc2c1=O. The topological polar surface area (TPSA) is 34.9 Å². The van der Waals surface area contributed by atoms with Crippen LogP contribution in [0.1, 0.15) is 13.8 Å². The van der Waals surface area contributed by atoms with Crippen LogP contribution in [0, 0.1) is 0 Å². The van der Waals surface area contributed by atoms with Crippen molar-refractivity contribution in [2.45, 2.75) is 13.8 Å². The van der Waals surface area contributed by atoms with Crippen LogP contribution in [-0.4, -0.2) is 9.55 Å². The summed E-state index contributed by atoms with van der Waals surface area (Å²) in [5.41, 5.74) is 1.67. The molecule has 0 radical (unpaired) electrons. The maximum absolute atomic E-state index is 12.2. The van der Waals surface area contributed by atoms with Gasteiger partial charge in [-0.05, 0) is 12.1 Å². The van der Waals surface area contributed by atoms with E-state index < -0.39 is 0 Å². The molecular formula is C17H18N2O. The molecule has 0 spiro atoms. The van der Waals surface area contributed by atoms with Crippen LogP contribution in [0.3, 0.4) is 0 Å².